The fraction of sp³-hybridized carbons (Fsp3) is 0.615. The van der Waals surface area contributed by atoms with Crippen molar-refractivity contribution in [2.75, 3.05) is 18.6 Å². The lowest BCUT2D eigenvalue weighted by atomic mass is 10.2. The van der Waals surface area contributed by atoms with Gasteiger partial charge in [0, 0.05) is 24.4 Å². The topological polar surface area (TPSA) is 66.2 Å². The van der Waals surface area contributed by atoms with Crippen molar-refractivity contribution in [1.82, 2.24) is 4.98 Å². The molecule has 0 radical (unpaired) electrons. The van der Waals surface area contributed by atoms with Crippen LogP contribution in [0.5, 0.6) is 0 Å². The van der Waals surface area contributed by atoms with Crippen LogP contribution < -0.4 is 4.90 Å². The predicted octanol–water partition coefficient (Wildman–Crippen LogP) is 2.13. The number of nitrogens with zero attached hydrogens (tertiary/aromatic N) is 3. The highest BCUT2D eigenvalue weighted by atomic mass is 32.1. The Labute approximate surface area is 116 Å². The number of ether oxygens (including phenoxy) is 1. The fourth-order valence-corrected chi connectivity index (χ4v) is 2.82. The Morgan fingerprint density at radius 1 is 1.68 bits per heavy atom. The van der Waals surface area contributed by atoms with Crippen molar-refractivity contribution in [2.24, 2.45) is 0 Å². The molecule has 19 heavy (non-hydrogen) atoms. The number of aromatic nitrogens is 1. The summed E-state index contributed by atoms with van der Waals surface area (Å²) in [6.45, 7) is 0.741. The van der Waals surface area contributed by atoms with E-state index in [9.17, 15) is 4.79 Å². The Morgan fingerprint density at radius 3 is 3.11 bits per heavy atom. The van der Waals surface area contributed by atoms with Gasteiger partial charge in [-0.2, -0.15) is 5.26 Å². The zero-order chi connectivity index (χ0) is 13.7. The Morgan fingerprint density at radius 2 is 2.47 bits per heavy atom. The second-order valence-corrected chi connectivity index (χ2v) is 5.37. The number of hydrogen-bond acceptors (Lipinski definition) is 6. The smallest absolute Gasteiger partial charge is 0.305 e. The third kappa shape index (κ3) is 3.93. The van der Waals surface area contributed by atoms with E-state index in [0.717, 1.165) is 17.4 Å². The molecule has 0 N–H and O–H groups in total. The van der Waals surface area contributed by atoms with Crippen LogP contribution in [-0.2, 0) is 16.0 Å². The van der Waals surface area contributed by atoms with Gasteiger partial charge in [0.15, 0.2) is 5.13 Å². The van der Waals surface area contributed by atoms with Gasteiger partial charge in [0.05, 0.1) is 31.7 Å². The minimum atomic E-state index is -0.210. The van der Waals surface area contributed by atoms with Gasteiger partial charge in [0.25, 0.3) is 0 Å². The molecule has 0 aliphatic heterocycles. The van der Waals surface area contributed by atoms with E-state index in [1.807, 2.05) is 5.38 Å². The minimum absolute atomic E-state index is 0.210. The molecule has 102 valence electrons. The number of carbonyl (C=O) groups excluding carboxylic acids is 1. The summed E-state index contributed by atoms with van der Waals surface area (Å²) in [5, 5.41) is 11.7. The second-order valence-electron chi connectivity index (χ2n) is 4.53. The molecule has 0 saturated heterocycles. The quantitative estimate of drug-likeness (QED) is 0.715. The van der Waals surface area contributed by atoms with E-state index in [0.29, 0.717) is 25.3 Å². The molecular formula is C13H17N3O2S. The average molecular weight is 279 g/mol. The molecule has 2 rings (SSSR count). The first kappa shape index (κ1) is 13.8. The normalized spacial score (nSPS) is 13.9. The van der Waals surface area contributed by atoms with Gasteiger partial charge in [-0.15, -0.1) is 11.3 Å². The molecule has 5 nitrogen and oxygen atoms in total. The highest BCUT2D eigenvalue weighted by Gasteiger charge is 2.30. The van der Waals surface area contributed by atoms with Gasteiger partial charge in [-0.05, 0) is 12.8 Å². The van der Waals surface area contributed by atoms with Crippen LogP contribution in [0, 0.1) is 11.3 Å². The lowest BCUT2D eigenvalue weighted by molar-refractivity contribution is -0.140. The van der Waals surface area contributed by atoms with Crippen molar-refractivity contribution in [2.45, 2.75) is 38.1 Å². The molecule has 0 atom stereocenters. The standard InChI is InChI=1S/C13H17N3O2S/c1-18-12(17)6-3-10-9-19-13(15-10)16(8-2-7-14)11-4-5-11/h9,11H,2-6,8H2,1H3. The second kappa shape index (κ2) is 6.53. The number of methoxy groups -OCH3 is 1. The van der Waals surface area contributed by atoms with Crippen molar-refractivity contribution in [3.8, 4) is 6.07 Å². The zero-order valence-corrected chi connectivity index (χ0v) is 11.8. The molecule has 0 aromatic carbocycles. The van der Waals surface area contributed by atoms with E-state index >= 15 is 0 Å². The molecule has 0 spiro atoms. The van der Waals surface area contributed by atoms with Crippen molar-refractivity contribution >= 4 is 22.4 Å². The number of esters is 1. The van der Waals surface area contributed by atoms with Crippen LogP contribution in [0.2, 0.25) is 0 Å². The number of carbonyl (C=O) groups is 1. The average Bonchev–Trinajstić information content (AvgIpc) is 3.15. The third-order valence-electron chi connectivity index (χ3n) is 3.05. The summed E-state index contributed by atoms with van der Waals surface area (Å²) in [5.74, 6) is -0.210. The molecule has 1 aromatic heterocycles. The fourth-order valence-electron chi connectivity index (χ4n) is 1.87. The number of nitriles is 1. The molecule has 1 fully saturated rings. The van der Waals surface area contributed by atoms with Crippen molar-refractivity contribution in [3.63, 3.8) is 0 Å². The summed E-state index contributed by atoms with van der Waals surface area (Å²) in [5.41, 5.74) is 0.924. The van der Waals surface area contributed by atoms with Gasteiger partial charge in [-0.3, -0.25) is 4.79 Å². The van der Waals surface area contributed by atoms with Gasteiger partial charge < -0.3 is 9.64 Å². The van der Waals surface area contributed by atoms with E-state index in [1.54, 1.807) is 11.3 Å². The van der Waals surface area contributed by atoms with Gasteiger partial charge in [0.2, 0.25) is 0 Å². The Bertz CT molecular complexity index is 476. The molecular weight excluding hydrogens is 262 g/mol. The molecule has 1 aliphatic rings. The van der Waals surface area contributed by atoms with E-state index in [4.69, 9.17) is 5.26 Å². The summed E-state index contributed by atoms with van der Waals surface area (Å²) in [6, 6.07) is 2.73. The summed E-state index contributed by atoms with van der Waals surface area (Å²) < 4.78 is 4.62. The van der Waals surface area contributed by atoms with E-state index in [2.05, 4.69) is 20.7 Å². The first-order valence-electron chi connectivity index (χ1n) is 6.39. The maximum Gasteiger partial charge on any atom is 0.305 e. The van der Waals surface area contributed by atoms with Crippen molar-refractivity contribution in [3.05, 3.63) is 11.1 Å². The molecule has 1 heterocycles. The maximum atomic E-state index is 11.1. The molecule has 1 aromatic rings. The minimum Gasteiger partial charge on any atom is -0.469 e. The maximum absolute atomic E-state index is 11.1. The van der Waals surface area contributed by atoms with Crippen molar-refractivity contribution < 1.29 is 9.53 Å². The number of aryl methyl sites for hydroxylation is 1. The summed E-state index contributed by atoms with van der Waals surface area (Å²) in [4.78, 5) is 17.9. The van der Waals surface area contributed by atoms with E-state index in [1.165, 1.54) is 20.0 Å². The Hall–Kier alpha value is -1.61. The monoisotopic (exact) mass is 279 g/mol. The third-order valence-corrected chi connectivity index (χ3v) is 3.98. The van der Waals surface area contributed by atoms with E-state index in [-0.39, 0.29) is 5.97 Å². The van der Waals surface area contributed by atoms with Crippen LogP contribution in [0.3, 0.4) is 0 Å². The Kier molecular flexibility index (Phi) is 4.74. The van der Waals surface area contributed by atoms with Gasteiger partial charge >= 0.3 is 5.97 Å². The molecule has 0 unspecified atom stereocenters. The molecule has 0 bridgehead atoms. The number of thiazole rings is 1. The Balaban J connectivity index is 1.94. The molecule has 1 saturated carbocycles. The lowest BCUT2D eigenvalue weighted by Crippen LogP contribution is -2.26. The van der Waals surface area contributed by atoms with Crippen LogP contribution in [-0.4, -0.2) is 30.6 Å². The lowest BCUT2D eigenvalue weighted by Gasteiger charge is -2.19. The number of rotatable bonds is 7. The van der Waals surface area contributed by atoms with Crippen LogP contribution in [0.4, 0.5) is 5.13 Å². The summed E-state index contributed by atoms with van der Waals surface area (Å²) >= 11 is 1.59. The van der Waals surface area contributed by atoms with Crippen LogP contribution >= 0.6 is 11.3 Å². The largest absolute Gasteiger partial charge is 0.469 e. The first-order valence-corrected chi connectivity index (χ1v) is 7.27. The van der Waals surface area contributed by atoms with Crippen LogP contribution in [0.25, 0.3) is 0 Å². The highest BCUT2D eigenvalue weighted by molar-refractivity contribution is 7.13. The van der Waals surface area contributed by atoms with Crippen molar-refractivity contribution in [1.29, 1.82) is 5.26 Å². The van der Waals surface area contributed by atoms with Gasteiger partial charge in [0.1, 0.15) is 0 Å². The van der Waals surface area contributed by atoms with E-state index < -0.39 is 0 Å². The molecule has 1 aliphatic carbocycles. The van der Waals surface area contributed by atoms with Gasteiger partial charge in [-0.1, -0.05) is 0 Å². The van der Waals surface area contributed by atoms with Crippen LogP contribution in [0.1, 0.15) is 31.4 Å². The van der Waals surface area contributed by atoms with Crippen LogP contribution in [0.15, 0.2) is 5.38 Å². The molecule has 0 amide bonds. The van der Waals surface area contributed by atoms with Gasteiger partial charge in [-0.25, -0.2) is 4.98 Å². The predicted molar refractivity (Wildman–Crippen MR) is 73.0 cm³/mol. The number of hydrogen-bond donors (Lipinski definition) is 0. The SMILES string of the molecule is COC(=O)CCc1csc(N(CCC#N)C2CC2)n1. The summed E-state index contributed by atoms with van der Waals surface area (Å²) in [7, 11) is 1.39. The molecule has 6 heteroatoms. The zero-order valence-electron chi connectivity index (χ0n) is 11.0. The summed E-state index contributed by atoms with van der Waals surface area (Å²) in [6.07, 6.45) is 3.86. The highest BCUT2D eigenvalue weighted by Crippen LogP contribution is 2.33. The first-order chi connectivity index (χ1) is 9.24. The number of anilines is 1.